The number of hydrogen-bond acceptors (Lipinski definition) is 4. The van der Waals surface area contributed by atoms with E-state index in [0.717, 1.165) is 11.8 Å². The van der Waals surface area contributed by atoms with Crippen LogP contribution in [0.5, 0.6) is 0 Å². The number of rotatable bonds is 3. The van der Waals surface area contributed by atoms with Gasteiger partial charge < -0.3 is 9.72 Å². The Hall–Kier alpha value is -1.77. The molecular formula is C14H16FN3O3S. The second kappa shape index (κ2) is 5.79. The molecule has 0 saturated carbocycles. The fourth-order valence-corrected chi connectivity index (χ4v) is 3.84. The summed E-state index contributed by atoms with van der Waals surface area (Å²) >= 11 is 0. The molecule has 0 unspecified atom stereocenters. The van der Waals surface area contributed by atoms with Crippen LogP contribution < -0.4 is 0 Å². The predicted molar refractivity (Wildman–Crippen MR) is 77.2 cm³/mol. The molecule has 1 aromatic heterocycles. The van der Waals surface area contributed by atoms with Crippen LogP contribution in [-0.4, -0.2) is 42.4 Å². The Labute approximate surface area is 128 Å². The van der Waals surface area contributed by atoms with E-state index < -0.39 is 21.9 Å². The summed E-state index contributed by atoms with van der Waals surface area (Å²) in [6.45, 7) is 2.50. The number of nitrogens with one attached hydrogen (secondary N) is 1. The van der Waals surface area contributed by atoms with Crippen molar-refractivity contribution in [3.63, 3.8) is 0 Å². The number of imidazole rings is 1. The highest BCUT2D eigenvalue weighted by molar-refractivity contribution is 7.89. The largest absolute Gasteiger partial charge is 0.368 e. The fourth-order valence-electron chi connectivity index (χ4n) is 2.38. The normalized spacial score (nSPS) is 20.2. The van der Waals surface area contributed by atoms with E-state index in [1.54, 1.807) is 6.20 Å². The fraction of sp³-hybridized carbons (Fsp3) is 0.357. The minimum atomic E-state index is -3.75. The van der Waals surface area contributed by atoms with Crippen LogP contribution in [0.3, 0.4) is 0 Å². The second-order valence-electron chi connectivity index (χ2n) is 5.13. The van der Waals surface area contributed by atoms with Gasteiger partial charge in [-0.2, -0.15) is 4.31 Å². The summed E-state index contributed by atoms with van der Waals surface area (Å²) in [5, 5.41) is 0. The molecule has 118 valence electrons. The van der Waals surface area contributed by atoms with Gasteiger partial charge in [-0.25, -0.2) is 17.8 Å². The minimum absolute atomic E-state index is 0.0521. The number of H-pyrrole nitrogens is 1. The first-order valence-electron chi connectivity index (χ1n) is 6.85. The summed E-state index contributed by atoms with van der Waals surface area (Å²) < 4.78 is 45.4. The summed E-state index contributed by atoms with van der Waals surface area (Å²) in [5.41, 5.74) is 0.878. The van der Waals surface area contributed by atoms with Crippen LogP contribution in [0.4, 0.5) is 4.39 Å². The molecule has 0 radical (unpaired) electrons. The Morgan fingerprint density at radius 2 is 2.27 bits per heavy atom. The first-order valence-corrected chi connectivity index (χ1v) is 8.29. The van der Waals surface area contributed by atoms with Crippen LogP contribution in [0.1, 0.15) is 17.6 Å². The van der Waals surface area contributed by atoms with Gasteiger partial charge in [0.15, 0.2) is 0 Å². The van der Waals surface area contributed by atoms with Crippen molar-refractivity contribution < 1.29 is 17.5 Å². The molecule has 1 fully saturated rings. The first-order chi connectivity index (χ1) is 10.5. The maximum Gasteiger partial charge on any atom is 0.243 e. The van der Waals surface area contributed by atoms with Crippen LogP contribution >= 0.6 is 0 Å². The molecular weight excluding hydrogens is 309 g/mol. The van der Waals surface area contributed by atoms with Gasteiger partial charge in [0.05, 0.1) is 11.5 Å². The van der Waals surface area contributed by atoms with E-state index in [1.165, 1.54) is 22.5 Å². The van der Waals surface area contributed by atoms with Gasteiger partial charge >= 0.3 is 0 Å². The highest BCUT2D eigenvalue weighted by atomic mass is 32.2. The van der Waals surface area contributed by atoms with E-state index in [-0.39, 0.29) is 24.6 Å². The maximum atomic E-state index is 13.3. The summed E-state index contributed by atoms with van der Waals surface area (Å²) in [5.74, 6) is 0.0178. The summed E-state index contributed by atoms with van der Waals surface area (Å²) in [7, 11) is -3.75. The highest BCUT2D eigenvalue weighted by Gasteiger charge is 2.32. The highest BCUT2D eigenvalue weighted by Crippen LogP contribution is 2.25. The van der Waals surface area contributed by atoms with E-state index in [2.05, 4.69) is 9.97 Å². The molecule has 2 aromatic rings. The molecule has 1 atom stereocenters. The number of ether oxygens (including phenoxy) is 1. The minimum Gasteiger partial charge on any atom is -0.368 e. The molecule has 0 aliphatic carbocycles. The number of sulfonamides is 1. The van der Waals surface area contributed by atoms with Gasteiger partial charge in [-0.15, -0.1) is 0 Å². The van der Waals surface area contributed by atoms with E-state index >= 15 is 0 Å². The average Bonchev–Trinajstić information content (AvgIpc) is 2.94. The SMILES string of the molecule is Cc1cnc([C@H]2CN(S(=O)(=O)c3cccc(F)c3)CCO2)[nH]1. The molecule has 6 nitrogen and oxygen atoms in total. The third kappa shape index (κ3) is 2.90. The van der Waals surface area contributed by atoms with Crippen molar-refractivity contribution >= 4 is 10.0 Å². The van der Waals surface area contributed by atoms with Crippen molar-refractivity contribution in [1.82, 2.24) is 14.3 Å². The predicted octanol–water partition coefficient (Wildman–Crippen LogP) is 1.62. The lowest BCUT2D eigenvalue weighted by molar-refractivity contribution is -0.00711. The molecule has 1 N–H and O–H groups in total. The monoisotopic (exact) mass is 325 g/mol. The van der Waals surface area contributed by atoms with Crippen LogP contribution in [0.25, 0.3) is 0 Å². The lowest BCUT2D eigenvalue weighted by Crippen LogP contribution is -2.42. The van der Waals surface area contributed by atoms with Crippen LogP contribution in [0, 0.1) is 12.7 Å². The Kier molecular flexibility index (Phi) is 3.98. The number of halogens is 1. The number of aromatic nitrogens is 2. The molecule has 0 amide bonds. The summed E-state index contributed by atoms with van der Waals surface area (Å²) in [6.07, 6.45) is 1.21. The van der Waals surface area contributed by atoms with Crippen molar-refractivity contribution in [1.29, 1.82) is 0 Å². The molecule has 2 heterocycles. The summed E-state index contributed by atoms with van der Waals surface area (Å²) in [4.78, 5) is 7.18. The van der Waals surface area contributed by atoms with E-state index in [1.807, 2.05) is 6.92 Å². The zero-order valence-corrected chi connectivity index (χ0v) is 12.8. The van der Waals surface area contributed by atoms with Crippen molar-refractivity contribution in [3.8, 4) is 0 Å². The van der Waals surface area contributed by atoms with Gasteiger partial charge in [-0.1, -0.05) is 6.07 Å². The zero-order valence-electron chi connectivity index (χ0n) is 12.0. The van der Waals surface area contributed by atoms with Crippen molar-refractivity contribution in [3.05, 3.63) is 47.8 Å². The van der Waals surface area contributed by atoms with Gasteiger partial charge in [0.2, 0.25) is 10.0 Å². The Morgan fingerprint density at radius 3 is 2.95 bits per heavy atom. The Bertz CT molecular complexity index is 775. The topological polar surface area (TPSA) is 75.3 Å². The van der Waals surface area contributed by atoms with Gasteiger partial charge in [0.1, 0.15) is 17.7 Å². The lowest BCUT2D eigenvalue weighted by Gasteiger charge is -2.31. The van der Waals surface area contributed by atoms with Gasteiger partial charge in [0.25, 0.3) is 0 Å². The number of aryl methyl sites for hydroxylation is 1. The van der Waals surface area contributed by atoms with Crippen LogP contribution in [0.2, 0.25) is 0 Å². The number of nitrogens with zero attached hydrogens (tertiary/aromatic N) is 2. The first kappa shape index (κ1) is 15.1. The molecule has 0 bridgehead atoms. The average molecular weight is 325 g/mol. The third-order valence-electron chi connectivity index (χ3n) is 3.49. The third-order valence-corrected chi connectivity index (χ3v) is 5.35. The molecule has 0 spiro atoms. The van der Waals surface area contributed by atoms with Crippen molar-refractivity contribution in [2.24, 2.45) is 0 Å². The van der Waals surface area contributed by atoms with Crippen LogP contribution in [-0.2, 0) is 14.8 Å². The van der Waals surface area contributed by atoms with Crippen LogP contribution in [0.15, 0.2) is 35.4 Å². The Morgan fingerprint density at radius 1 is 1.45 bits per heavy atom. The number of hydrogen-bond donors (Lipinski definition) is 1. The molecule has 8 heteroatoms. The zero-order chi connectivity index (χ0) is 15.7. The quantitative estimate of drug-likeness (QED) is 0.930. The van der Waals surface area contributed by atoms with Gasteiger partial charge in [-0.05, 0) is 25.1 Å². The maximum absolute atomic E-state index is 13.3. The molecule has 1 aliphatic rings. The molecule has 1 saturated heterocycles. The Balaban J connectivity index is 1.85. The number of aromatic amines is 1. The molecule has 22 heavy (non-hydrogen) atoms. The van der Waals surface area contributed by atoms with E-state index in [9.17, 15) is 12.8 Å². The van der Waals surface area contributed by atoms with E-state index in [4.69, 9.17) is 4.74 Å². The van der Waals surface area contributed by atoms with E-state index in [0.29, 0.717) is 5.82 Å². The standard InChI is InChI=1S/C14H16FN3O3S/c1-10-8-16-14(17-10)13-9-18(5-6-21-13)22(19,20)12-4-2-3-11(15)7-12/h2-4,7-8,13H,5-6,9H2,1H3,(H,16,17)/t13-/m1/s1. The van der Waals surface area contributed by atoms with Gasteiger partial charge in [0, 0.05) is 25.0 Å². The second-order valence-corrected chi connectivity index (χ2v) is 7.07. The molecule has 1 aromatic carbocycles. The van der Waals surface area contributed by atoms with Gasteiger partial charge in [-0.3, -0.25) is 0 Å². The molecule has 1 aliphatic heterocycles. The summed E-state index contributed by atoms with van der Waals surface area (Å²) in [6, 6.07) is 5.01. The lowest BCUT2D eigenvalue weighted by atomic mass is 10.3. The number of benzene rings is 1. The number of morpholine rings is 1. The van der Waals surface area contributed by atoms with Crippen molar-refractivity contribution in [2.45, 2.75) is 17.9 Å². The smallest absolute Gasteiger partial charge is 0.243 e. The van der Waals surface area contributed by atoms with Crippen molar-refractivity contribution in [2.75, 3.05) is 19.7 Å². The molecule has 3 rings (SSSR count).